The van der Waals surface area contributed by atoms with E-state index in [0.717, 1.165) is 17.5 Å². The number of amides is 1. The van der Waals surface area contributed by atoms with E-state index < -0.39 is 0 Å². The van der Waals surface area contributed by atoms with Crippen LogP contribution in [0.2, 0.25) is 0 Å². The second-order valence-corrected chi connectivity index (χ2v) is 6.19. The molecule has 2 aromatic carbocycles. The summed E-state index contributed by atoms with van der Waals surface area (Å²) in [7, 11) is 0. The smallest absolute Gasteiger partial charge is 0.254 e. The van der Waals surface area contributed by atoms with Crippen LogP contribution in [0.4, 0.5) is 4.39 Å². The van der Waals surface area contributed by atoms with Crippen LogP contribution in [0.1, 0.15) is 40.7 Å². The van der Waals surface area contributed by atoms with Gasteiger partial charge in [-0.1, -0.05) is 24.3 Å². The van der Waals surface area contributed by atoms with E-state index in [9.17, 15) is 9.18 Å². The van der Waals surface area contributed by atoms with Crippen molar-refractivity contribution in [3.05, 3.63) is 71.0 Å². The molecule has 2 aromatic rings. The second kappa shape index (κ2) is 6.50. The molecule has 0 radical (unpaired) electrons. The molecule has 1 amide bonds. The second-order valence-electron chi connectivity index (χ2n) is 6.19. The highest BCUT2D eigenvalue weighted by molar-refractivity contribution is 5.94. The third kappa shape index (κ3) is 3.27. The number of benzene rings is 2. The minimum absolute atomic E-state index is 0.0469. The Kier molecular flexibility index (Phi) is 4.44. The normalized spacial score (nSPS) is 20.7. The lowest BCUT2D eigenvalue weighted by molar-refractivity contribution is 0.0746. The van der Waals surface area contributed by atoms with E-state index in [1.165, 1.54) is 12.1 Å². The largest absolute Gasteiger partial charge is 0.335 e. The maximum Gasteiger partial charge on any atom is 0.254 e. The highest BCUT2D eigenvalue weighted by Crippen LogP contribution is 2.32. The summed E-state index contributed by atoms with van der Waals surface area (Å²) in [6.07, 6.45) is 0.901. The van der Waals surface area contributed by atoms with Crippen molar-refractivity contribution < 1.29 is 9.18 Å². The summed E-state index contributed by atoms with van der Waals surface area (Å²) >= 11 is 0. The summed E-state index contributed by atoms with van der Waals surface area (Å²) in [4.78, 5) is 14.6. The third-order valence-electron chi connectivity index (χ3n) is 4.61. The molecule has 2 atom stereocenters. The van der Waals surface area contributed by atoms with Gasteiger partial charge in [0.25, 0.3) is 5.91 Å². The predicted molar refractivity (Wildman–Crippen MR) is 88.6 cm³/mol. The van der Waals surface area contributed by atoms with Crippen LogP contribution in [0.25, 0.3) is 0 Å². The van der Waals surface area contributed by atoms with Crippen molar-refractivity contribution in [3.8, 4) is 0 Å². The van der Waals surface area contributed by atoms with Crippen LogP contribution in [0.3, 0.4) is 0 Å². The van der Waals surface area contributed by atoms with Gasteiger partial charge in [-0.05, 0) is 48.7 Å². The van der Waals surface area contributed by atoms with Gasteiger partial charge in [-0.15, -0.1) is 0 Å². The monoisotopic (exact) mass is 312 g/mol. The summed E-state index contributed by atoms with van der Waals surface area (Å²) in [6, 6.07) is 14.2. The standard InChI is InChI=1S/C19H21FN2O/c1-13-10-17(15-6-8-18(20)9-7-15)12-22(13)19(23)16-4-2-14(11-21)3-5-16/h2-9,13,17H,10-12,21H2,1H3. The van der Waals surface area contributed by atoms with E-state index in [1.54, 1.807) is 0 Å². The third-order valence-corrected chi connectivity index (χ3v) is 4.61. The Morgan fingerprint density at radius 3 is 2.43 bits per heavy atom. The molecule has 0 aliphatic carbocycles. The van der Waals surface area contributed by atoms with Crippen LogP contribution in [-0.4, -0.2) is 23.4 Å². The van der Waals surface area contributed by atoms with E-state index in [0.29, 0.717) is 18.7 Å². The van der Waals surface area contributed by atoms with Gasteiger partial charge in [0, 0.05) is 30.6 Å². The van der Waals surface area contributed by atoms with E-state index in [2.05, 4.69) is 6.92 Å². The van der Waals surface area contributed by atoms with E-state index >= 15 is 0 Å². The molecule has 3 nitrogen and oxygen atoms in total. The van der Waals surface area contributed by atoms with Crippen molar-refractivity contribution in [2.24, 2.45) is 5.73 Å². The Morgan fingerprint density at radius 2 is 1.83 bits per heavy atom. The van der Waals surface area contributed by atoms with E-state index in [-0.39, 0.29) is 23.7 Å². The molecule has 1 fully saturated rings. The maximum absolute atomic E-state index is 13.1. The summed E-state index contributed by atoms with van der Waals surface area (Å²) in [5.74, 6) is 0.0799. The molecule has 2 N–H and O–H groups in total. The Labute approximate surface area is 135 Å². The average Bonchev–Trinajstić information content (AvgIpc) is 2.96. The number of nitrogens with zero attached hydrogens (tertiary/aromatic N) is 1. The molecule has 0 saturated carbocycles. The Hall–Kier alpha value is -2.20. The number of rotatable bonds is 3. The van der Waals surface area contributed by atoms with Crippen LogP contribution in [0.5, 0.6) is 0 Å². The summed E-state index contributed by atoms with van der Waals surface area (Å²) in [5.41, 5.74) is 8.38. The number of hydrogen-bond acceptors (Lipinski definition) is 2. The Balaban J connectivity index is 1.75. The first kappa shape index (κ1) is 15.7. The number of hydrogen-bond donors (Lipinski definition) is 1. The van der Waals surface area contributed by atoms with Gasteiger partial charge in [0.05, 0.1) is 0 Å². The first-order valence-corrected chi connectivity index (χ1v) is 7.94. The van der Waals surface area contributed by atoms with Crippen molar-refractivity contribution in [3.63, 3.8) is 0 Å². The van der Waals surface area contributed by atoms with Crippen molar-refractivity contribution in [1.29, 1.82) is 0 Å². The van der Waals surface area contributed by atoms with E-state index in [4.69, 9.17) is 5.73 Å². The first-order chi connectivity index (χ1) is 11.1. The predicted octanol–water partition coefficient (Wildman–Crippen LogP) is 3.30. The molecule has 120 valence electrons. The number of likely N-dealkylation sites (tertiary alicyclic amines) is 1. The van der Waals surface area contributed by atoms with Crippen LogP contribution >= 0.6 is 0 Å². The minimum Gasteiger partial charge on any atom is -0.335 e. The molecule has 23 heavy (non-hydrogen) atoms. The quantitative estimate of drug-likeness (QED) is 0.945. The van der Waals surface area contributed by atoms with Crippen LogP contribution in [0.15, 0.2) is 48.5 Å². The molecule has 1 aliphatic heterocycles. The summed E-state index contributed by atoms with van der Waals surface area (Å²) < 4.78 is 13.1. The molecule has 1 saturated heterocycles. The number of carbonyl (C=O) groups excluding carboxylic acids is 1. The van der Waals surface area contributed by atoms with Crippen LogP contribution < -0.4 is 5.73 Å². The van der Waals surface area contributed by atoms with Crippen molar-refractivity contribution >= 4 is 5.91 Å². The van der Waals surface area contributed by atoms with Gasteiger partial charge in [0.1, 0.15) is 5.82 Å². The van der Waals surface area contributed by atoms with Gasteiger partial charge in [-0.25, -0.2) is 4.39 Å². The molecular weight excluding hydrogens is 291 g/mol. The molecule has 2 unspecified atom stereocenters. The number of carbonyl (C=O) groups is 1. The Bertz CT molecular complexity index is 682. The highest BCUT2D eigenvalue weighted by atomic mass is 19.1. The lowest BCUT2D eigenvalue weighted by Gasteiger charge is -2.21. The molecule has 0 spiro atoms. The fourth-order valence-electron chi connectivity index (χ4n) is 3.24. The Morgan fingerprint density at radius 1 is 1.17 bits per heavy atom. The number of halogens is 1. The topological polar surface area (TPSA) is 46.3 Å². The fraction of sp³-hybridized carbons (Fsp3) is 0.316. The fourth-order valence-corrected chi connectivity index (χ4v) is 3.24. The maximum atomic E-state index is 13.1. The molecule has 4 heteroatoms. The van der Waals surface area contributed by atoms with Gasteiger partial charge in [0.15, 0.2) is 0 Å². The molecule has 3 rings (SSSR count). The zero-order valence-corrected chi connectivity index (χ0v) is 13.2. The van der Waals surface area contributed by atoms with Crippen molar-refractivity contribution in [2.75, 3.05) is 6.54 Å². The van der Waals surface area contributed by atoms with Gasteiger partial charge in [-0.3, -0.25) is 4.79 Å². The SMILES string of the molecule is CC1CC(c2ccc(F)cc2)CN1C(=O)c1ccc(CN)cc1. The van der Waals surface area contributed by atoms with Gasteiger partial charge in [-0.2, -0.15) is 0 Å². The highest BCUT2D eigenvalue weighted by Gasteiger charge is 2.33. The van der Waals surface area contributed by atoms with Gasteiger partial charge < -0.3 is 10.6 Å². The average molecular weight is 312 g/mol. The molecule has 0 aromatic heterocycles. The summed E-state index contributed by atoms with van der Waals surface area (Å²) in [6.45, 7) is 3.21. The summed E-state index contributed by atoms with van der Waals surface area (Å²) in [5, 5.41) is 0. The molecule has 1 aliphatic rings. The van der Waals surface area contributed by atoms with Crippen LogP contribution in [-0.2, 0) is 6.54 Å². The zero-order chi connectivity index (χ0) is 16.4. The molecular formula is C19H21FN2O. The first-order valence-electron chi connectivity index (χ1n) is 7.94. The van der Waals surface area contributed by atoms with Crippen LogP contribution in [0, 0.1) is 5.82 Å². The number of nitrogens with two attached hydrogens (primary N) is 1. The van der Waals surface area contributed by atoms with E-state index in [1.807, 2.05) is 41.3 Å². The minimum atomic E-state index is -0.229. The van der Waals surface area contributed by atoms with Gasteiger partial charge in [0.2, 0.25) is 0 Å². The zero-order valence-electron chi connectivity index (χ0n) is 13.2. The molecule has 1 heterocycles. The van der Waals surface area contributed by atoms with Crippen molar-refractivity contribution in [2.45, 2.75) is 31.8 Å². The van der Waals surface area contributed by atoms with Gasteiger partial charge >= 0.3 is 0 Å². The molecule has 0 bridgehead atoms. The lowest BCUT2D eigenvalue weighted by atomic mass is 9.97. The van der Waals surface area contributed by atoms with Crippen molar-refractivity contribution in [1.82, 2.24) is 4.90 Å². The lowest BCUT2D eigenvalue weighted by Crippen LogP contribution is -2.33.